The summed E-state index contributed by atoms with van der Waals surface area (Å²) in [7, 11) is 0. The molecule has 0 spiro atoms. The maximum absolute atomic E-state index is 9.00. The monoisotopic (exact) mass is 160 g/mol. The van der Waals surface area contributed by atoms with Gasteiger partial charge in [-0.2, -0.15) is 0 Å². The van der Waals surface area contributed by atoms with Gasteiger partial charge in [0.25, 0.3) is 5.97 Å². The summed E-state index contributed by atoms with van der Waals surface area (Å²) < 4.78 is 0. The fraction of sp³-hybridized carbons (Fsp3) is 0.167. The molecule has 0 aliphatic heterocycles. The normalized spacial score (nSPS) is 5.00. The summed E-state index contributed by atoms with van der Waals surface area (Å²) in [6.45, 7) is 10.5. The van der Waals surface area contributed by atoms with Gasteiger partial charge in [-0.25, -0.2) is 0 Å². The first-order valence-corrected chi connectivity index (χ1v) is 1.93. The fourth-order valence-corrected chi connectivity index (χ4v) is 0. The SMILES string of the molecule is CC(=O)O.[CH-]=CC=[CH-].[Ti+2]. The van der Waals surface area contributed by atoms with Crippen LogP contribution in [0.15, 0.2) is 12.2 Å². The van der Waals surface area contributed by atoms with Gasteiger partial charge in [0, 0.05) is 6.92 Å². The van der Waals surface area contributed by atoms with Crippen molar-refractivity contribution < 1.29 is 31.6 Å². The van der Waals surface area contributed by atoms with Gasteiger partial charge < -0.3 is 30.4 Å². The van der Waals surface area contributed by atoms with E-state index in [1.54, 1.807) is 0 Å². The summed E-state index contributed by atoms with van der Waals surface area (Å²) in [5.74, 6) is -0.833. The molecule has 9 heavy (non-hydrogen) atoms. The van der Waals surface area contributed by atoms with E-state index in [4.69, 9.17) is 23.1 Å². The summed E-state index contributed by atoms with van der Waals surface area (Å²) in [6.07, 6.45) is 2.56. The average molecular weight is 160 g/mol. The molecule has 2 nitrogen and oxygen atoms in total. The number of carbonyl (C=O) groups is 1. The standard InChI is InChI=1S/C4H4.C2H4O2.Ti/c1-3-4-2;1-2(3)4;/h1-4H;1H3,(H,3,4);/q-2;;+2. The van der Waals surface area contributed by atoms with Crippen molar-refractivity contribution in [3.63, 3.8) is 0 Å². The molecule has 0 aromatic rings. The van der Waals surface area contributed by atoms with Crippen LogP contribution in [0.25, 0.3) is 0 Å². The number of rotatable bonds is 1. The maximum Gasteiger partial charge on any atom is 2.00 e. The first-order valence-electron chi connectivity index (χ1n) is 1.93. The summed E-state index contributed by atoms with van der Waals surface area (Å²) in [5, 5.41) is 7.42. The molecule has 3 heteroatoms. The van der Waals surface area contributed by atoms with E-state index in [0.717, 1.165) is 6.92 Å². The maximum atomic E-state index is 9.00. The number of aliphatic carboxylic acids is 1. The van der Waals surface area contributed by atoms with Gasteiger partial charge in [-0.1, -0.05) is 0 Å². The van der Waals surface area contributed by atoms with Gasteiger partial charge in [-0.3, -0.25) is 4.79 Å². The van der Waals surface area contributed by atoms with Gasteiger partial charge in [0.05, 0.1) is 0 Å². The van der Waals surface area contributed by atoms with Crippen molar-refractivity contribution in [2.45, 2.75) is 6.92 Å². The molecular formula is C6H8O2Ti. The third-order valence-corrected chi connectivity index (χ3v) is 0.111. The first kappa shape index (κ1) is 15.9. The Kier molecular flexibility index (Phi) is 27.6. The van der Waals surface area contributed by atoms with Crippen LogP contribution in [0.2, 0.25) is 0 Å². The fourth-order valence-electron chi connectivity index (χ4n) is 0. The predicted octanol–water partition coefficient (Wildman–Crippen LogP) is 1.05. The molecule has 0 fully saturated rings. The quantitative estimate of drug-likeness (QED) is 0.353. The van der Waals surface area contributed by atoms with E-state index >= 15 is 0 Å². The number of hydrogen-bond acceptors (Lipinski definition) is 1. The molecule has 0 amide bonds. The van der Waals surface area contributed by atoms with Crippen LogP contribution in [-0.2, 0) is 26.5 Å². The van der Waals surface area contributed by atoms with E-state index in [1.807, 2.05) is 0 Å². The Bertz CT molecular complexity index is 79.1. The van der Waals surface area contributed by atoms with Crippen molar-refractivity contribution in [2.24, 2.45) is 0 Å². The van der Waals surface area contributed by atoms with E-state index in [0.29, 0.717) is 0 Å². The molecule has 0 saturated heterocycles. The van der Waals surface area contributed by atoms with E-state index in [2.05, 4.69) is 0 Å². The molecule has 0 atom stereocenters. The number of allylic oxidation sites excluding steroid dienone is 2. The van der Waals surface area contributed by atoms with Crippen LogP contribution in [0, 0.1) is 13.2 Å². The van der Waals surface area contributed by atoms with Crippen molar-refractivity contribution in [3.8, 4) is 0 Å². The van der Waals surface area contributed by atoms with Gasteiger partial charge in [-0.15, -0.1) is 0 Å². The Morgan fingerprint density at radius 3 is 1.56 bits per heavy atom. The van der Waals surface area contributed by atoms with Crippen LogP contribution in [0.4, 0.5) is 0 Å². The molecular weight excluding hydrogens is 152 g/mol. The van der Waals surface area contributed by atoms with Crippen LogP contribution in [0.5, 0.6) is 0 Å². The zero-order chi connectivity index (χ0) is 6.99. The molecule has 0 saturated carbocycles. The van der Waals surface area contributed by atoms with Gasteiger partial charge >= 0.3 is 21.7 Å². The minimum absolute atomic E-state index is 0. The van der Waals surface area contributed by atoms with Crippen molar-refractivity contribution in [1.82, 2.24) is 0 Å². The second-order valence-electron chi connectivity index (χ2n) is 0.904. The number of carboxylic acid groups (broad SMARTS) is 1. The Morgan fingerprint density at radius 2 is 1.56 bits per heavy atom. The zero-order valence-corrected chi connectivity index (χ0v) is 6.73. The largest absolute Gasteiger partial charge is 2.00 e. The minimum Gasteiger partial charge on any atom is -0.481 e. The Hall–Kier alpha value is -0.336. The summed E-state index contributed by atoms with van der Waals surface area (Å²) in [5.41, 5.74) is 0. The Balaban J connectivity index is -0.0000000720. The molecule has 0 aliphatic carbocycles. The molecule has 0 bridgehead atoms. The van der Waals surface area contributed by atoms with E-state index in [-0.39, 0.29) is 21.7 Å². The number of hydrogen-bond donors (Lipinski definition) is 1. The summed E-state index contributed by atoms with van der Waals surface area (Å²) in [4.78, 5) is 9.00. The van der Waals surface area contributed by atoms with Crippen molar-refractivity contribution >= 4 is 5.97 Å². The van der Waals surface area contributed by atoms with Gasteiger partial charge in [0.1, 0.15) is 0 Å². The van der Waals surface area contributed by atoms with Crippen molar-refractivity contribution in [1.29, 1.82) is 0 Å². The van der Waals surface area contributed by atoms with Gasteiger partial charge in [0.15, 0.2) is 0 Å². The van der Waals surface area contributed by atoms with Crippen LogP contribution in [0.3, 0.4) is 0 Å². The topological polar surface area (TPSA) is 37.3 Å². The summed E-state index contributed by atoms with van der Waals surface area (Å²) in [6, 6.07) is 0. The molecule has 1 N–H and O–H groups in total. The second kappa shape index (κ2) is 15.6. The van der Waals surface area contributed by atoms with Crippen molar-refractivity contribution in [3.05, 3.63) is 25.3 Å². The second-order valence-corrected chi connectivity index (χ2v) is 0.904. The molecule has 0 heterocycles. The first-order chi connectivity index (χ1) is 3.65. The van der Waals surface area contributed by atoms with Crippen LogP contribution >= 0.6 is 0 Å². The Morgan fingerprint density at radius 1 is 1.44 bits per heavy atom. The predicted molar refractivity (Wildman–Crippen MR) is 31.0 cm³/mol. The third kappa shape index (κ3) is 557. The molecule has 0 radical (unpaired) electrons. The van der Waals surface area contributed by atoms with E-state index in [9.17, 15) is 0 Å². The average Bonchev–Trinajstić information content (AvgIpc) is 1.65. The van der Waals surface area contributed by atoms with E-state index < -0.39 is 5.97 Å². The zero-order valence-electron chi connectivity index (χ0n) is 5.16. The van der Waals surface area contributed by atoms with Crippen LogP contribution < -0.4 is 0 Å². The van der Waals surface area contributed by atoms with Crippen molar-refractivity contribution in [2.75, 3.05) is 0 Å². The Labute approximate surface area is 70.2 Å². The van der Waals surface area contributed by atoms with Crippen LogP contribution in [-0.4, -0.2) is 11.1 Å². The van der Waals surface area contributed by atoms with Gasteiger partial charge in [-0.05, 0) is 0 Å². The molecule has 0 unspecified atom stereocenters. The summed E-state index contributed by atoms with van der Waals surface area (Å²) >= 11 is 0. The van der Waals surface area contributed by atoms with Crippen LogP contribution in [0.1, 0.15) is 6.92 Å². The minimum atomic E-state index is -0.833. The molecule has 0 rings (SSSR count). The number of carboxylic acids is 1. The molecule has 0 aliphatic rings. The smallest absolute Gasteiger partial charge is 0.481 e. The van der Waals surface area contributed by atoms with Gasteiger partial charge in [0.2, 0.25) is 0 Å². The molecule has 0 aromatic heterocycles. The van der Waals surface area contributed by atoms with E-state index in [1.165, 1.54) is 12.2 Å². The molecule has 48 valence electrons. The third-order valence-electron chi connectivity index (χ3n) is 0.111. The molecule has 0 aromatic carbocycles.